The number of aliphatic hydroxyl groups is 1. The molecule has 0 heterocycles. The quantitative estimate of drug-likeness (QED) is 0.0206. The van der Waals surface area contributed by atoms with Gasteiger partial charge in [-0.3, -0.25) is 18.6 Å². The molecule has 310 valence electrons. The van der Waals surface area contributed by atoms with Gasteiger partial charge in [-0.25, -0.2) is 9.36 Å². The third kappa shape index (κ3) is 36.2. The van der Waals surface area contributed by atoms with Gasteiger partial charge in [0.05, 0.1) is 13.2 Å². The number of hydrogen-bond donors (Lipinski definition) is 4. The summed E-state index contributed by atoms with van der Waals surface area (Å²) in [5.74, 6) is -2.42. The molecule has 0 fully saturated rings. The van der Waals surface area contributed by atoms with Crippen molar-refractivity contribution in [1.82, 2.24) is 5.32 Å². The number of phosphoric ester groups is 1. The summed E-state index contributed by atoms with van der Waals surface area (Å²) in [6.45, 7) is 2.39. The Morgan fingerprint density at radius 1 is 0.611 bits per heavy atom. The molecule has 0 saturated carbocycles. The summed E-state index contributed by atoms with van der Waals surface area (Å²) < 4.78 is 26.7. The molecule has 0 spiro atoms. The van der Waals surface area contributed by atoms with Crippen LogP contribution in [-0.2, 0) is 32.7 Å². The molecule has 0 aliphatic carbocycles. The van der Waals surface area contributed by atoms with Crippen molar-refractivity contribution in [2.75, 3.05) is 19.8 Å². The van der Waals surface area contributed by atoms with Gasteiger partial charge in [0.25, 0.3) is 0 Å². The van der Waals surface area contributed by atoms with E-state index < -0.39 is 57.6 Å². The molecule has 0 aromatic rings. The summed E-state index contributed by atoms with van der Waals surface area (Å²) in [7, 11) is -4.76. The number of unbranched alkanes of at least 4 members (excludes halogenated alkanes) is 13. The van der Waals surface area contributed by atoms with Crippen molar-refractivity contribution < 1.29 is 47.8 Å². The molecule has 3 atom stereocenters. The second-order valence-electron chi connectivity index (χ2n) is 13.4. The number of esters is 1. The fourth-order valence-corrected chi connectivity index (χ4v) is 5.89. The van der Waals surface area contributed by atoms with E-state index in [1.54, 1.807) is 0 Å². The molecule has 54 heavy (non-hydrogen) atoms. The van der Waals surface area contributed by atoms with Crippen LogP contribution in [0.5, 0.6) is 0 Å². The molecule has 0 aromatic carbocycles. The highest BCUT2D eigenvalue weighted by Crippen LogP contribution is 2.43. The van der Waals surface area contributed by atoms with E-state index in [9.17, 15) is 34.1 Å². The first kappa shape index (κ1) is 51.2. The van der Waals surface area contributed by atoms with E-state index >= 15 is 0 Å². The van der Waals surface area contributed by atoms with Crippen LogP contribution in [0, 0.1) is 0 Å². The van der Waals surface area contributed by atoms with Gasteiger partial charge in [-0.1, -0.05) is 126 Å². The Balaban J connectivity index is 3.99. The highest BCUT2D eigenvalue weighted by atomic mass is 31.2. The first-order valence-corrected chi connectivity index (χ1v) is 21.8. The Morgan fingerprint density at radius 3 is 1.63 bits per heavy atom. The smallest absolute Gasteiger partial charge is 0.472 e. The first-order chi connectivity index (χ1) is 26.1. The van der Waals surface area contributed by atoms with E-state index in [-0.39, 0.29) is 12.8 Å². The maximum absolute atomic E-state index is 12.3. The van der Waals surface area contributed by atoms with E-state index in [1.807, 2.05) is 0 Å². The summed E-state index contributed by atoms with van der Waals surface area (Å²) in [6.07, 6.45) is 41.0. The normalized spacial score (nSPS) is 14.4. The number of aliphatic carboxylic acids is 1. The average molecular weight is 782 g/mol. The molecular weight excluding hydrogens is 709 g/mol. The third-order valence-electron chi connectivity index (χ3n) is 8.29. The number of carbonyl (C=O) groups excluding carboxylic acids is 2. The molecule has 3 unspecified atom stereocenters. The number of carbonyl (C=O) groups is 3. The molecule has 0 bridgehead atoms. The molecule has 11 nitrogen and oxygen atoms in total. The number of nitrogens with one attached hydrogen (secondary N) is 1. The van der Waals surface area contributed by atoms with Gasteiger partial charge < -0.3 is 25.2 Å². The number of allylic oxidation sites excluding steroid dienone is 10. The van der Waals surface area contributed by atoms with Crippen LogP contribution in [0.1, 0.15) is 155 Å². The largest absolute Gasteiger partial charge is 0.480 e. The lowest BCUT2D eigenvalue weighted by atomic mass is 10.1. The van der Waals surface area contributed by atoms with Gasteiger partial charge in [0, 0.05) is 12.8 Å². The lowest BCUT2D eigenvalue weighted by Gasteiger charge is -2.18. The van der Waals surface area contributed by atoms with Crippen LogP contribution >= 0.6 is 7.82 Å². The van der Waals surface area contributed by atoms with Crippen molar-refractivity contribution in [3.8, 4) is 0 Å². The monoisotopic (exact) mass is 781 g/mol. The van der Waals surface area contributed by atoms with Crippen molar-refractivity contribution in [3.63, 3.8) is 0 Å². The van der Waals surface area contributed by atoms with Crippen LogP contribution in [0.25, 0.3) is 0 Å². The standard InChI is InChI=1S/C42H72NO10P/c1-3-5-7-9-11-13-15-17-18-19-20-22-23-25-27-29-31-33-40(45)43-39(42(47)48)37-53-54(49,50)52-36-38(44)35-51-41(46)34-32-30-28-26-24-21-16-14-12-10-8-6-4-2/h6,8,11-14,17-18,21,24,38-39,44H,3-5,7,9-10,15-16,19-20,22-23,25-37H2,1-2H3,(H,43,45)(H,47,48)(H,49,50)/b8-6-,13-11-,14-12-,18-17-,24-21-. The molecular formula is C42H72NO10P. The van der Waals surface area contributed by atoms with Crippen LogP contribution in [0.15, 0.2) is 60.8 Å². The summed E-state index contributed by atoms with van der Waals surface area (Å²) in [5, 5.41) is 21.8. The number of ether oxygens (including phenoxy) is 1. The topological polar surface area (TPSA) is 169 Å². The van der Waals surface area contributed by atoms with Crippen molar-refractivity contribution in [1.29, 1.82) is 0 Å². The van der Waals surface area contributed by atoms with Gasteiger partial charge in [0.15, 0.2) is 6.04 Å². The van der Waals surface area contributed by atoms with Crippen molar-refractivity contribution in [2.45, 2.75) is 167 Å². The average Bonchev–Trinajstić information content (AvgIpc) is 3.14. The Kier molecular flexibility index (Phi) is 35.2. The molecule has 0 aliphatic heterocycles. The lowest BCUT2D eigenvalue weighted by molar-refractivity contribution is -0.147. The van der Waals surface area contributed by atoms with Gasteiger partial charge in [0.1, 0.15) is 12.7 Å². The van der Waals surface area contributed by atoms with Crippen LogP contribution in [-0.4, -0.2) is 64.9 Å². The van der Waals surface area contributed by atoms with Crippen molar-refractivity contribution >= 4 is 25.7 Å². The molecule has 1 amide bonds. The summed E-state index contributed by atoms with van der Waals surface area (Å²) in [4.78, 5) is 45.8. The van der Waals surface area contributed by atoms with Gasteiger partial charge in [-0.05, 0) is 77.0 Å². The fourth-order valence-electron chi connectivity index (χ4n) is 5.12. The van der Waals surface area contributed by atoms with Crippen LogP contribution in [0.2, 0.25) is 0 Å². The van der Waals surface area contributed by atoms with E-state index in [4.69, 9.17) is 13.8 Å². The zero-order valence-electron chi connectivity index (χ0n) is 33.3. The van der Waals surface area contributed by atoms with Crippen molar-refractivity contribution in [2.24, 2.45) is 0 Å². The summed E-state index contributed by atoms with van der Waals surface area (Å²) in [6, 6.07) is -1.56. The fraction of sp³-hybridized carbons (Fsp3) is 0.690. The van der Waals surface area contributed by atoms with Crippen LogP contribution < -0.4 is 5.32 Å². The van der Waals surface area contributed by atoms with Gasteiger partial charge in [-0.2, -0.15) is 0 Å². The minimum Gasteiger partial charge on any atom is -0.480 e. The first-order valence-electron chi connectivity index (χ1n) is 20.3. The molecule has 0 radical (unpaired) electrons. The number of phosphoric acid groups is 1. The minimum absolute atomic E-state index is 0.132. The van der Waals surface area contributed by atoms with Crippen LogP contribution in [0.3, 0.4) is 0 Å². The van der Waals surface area contributed by atoms with Gasteiger partial charge in [-0.15, -0.1) is 0 Å². The molecule has 0 saturated heterocycles. The van der Waals surface area contributed by atoms with Gasteiger partial charge in [0.2, 0.25) is 5.91 Å². The number of aliphatic hydroxyl groups excluding tert-OH is 1. The number of hydrogen-bond acceptors (Lipinski definition) is 8. The highest BCUT2D eigenvalue weighted by molar-refractivity contribution is 7.47. The SMILES string of the molecule is CC/C=C\C/C=C\C/C=C\CCCCCC(=O)OCC(O)COP(=O)(O)OCC(NC(=O)CCCCCCCCC/C=C\C/C=C\CCCCC)C(=O)O. The van der Waals surface area contributed by atoms with Crippen molar-refractivity contribution in [3.05, 3.63) is 60.8 Å². The Labute approximate surface area is 326 Å². The summed E-state index contributed by atoms with van der Waals surface area (Å²) >= 11 is 0. The third-order valence-corrected chi connectivity index (χ3v) is 9.24. The van der Waals surface area contributed by atoms with E-state index in [2.05, 4.69) is 79.9 Å². The van der Waals surface area contributed by atoms with E-state index in [0.717, 1.165) is 83.5 Å². The number of amides is 1. The Bertz CT molecular complexity index is 1150. The Morgan fingerprint density at radius 2 is 1.07 bits per heavy atom. The maximum atomic E-state index is 12.3. The number of carboxylic acids is 1. The van der Waals surface area contributed by atoms with Crippen LogP contribution in [0.4, 0.5) is 0 Å². The molecule has 0 aliphatic rings. The van der Waals surface area contributed by atoms with E-state index in [1.165, 1.54) is 32.1 Å². The lowest BCUT2D eigenvalue weighted by Crippen LogP contribution is -2.43. The predicted molar refractivity (Wildman–Crippen MR) is 217 cm³/mol. The maximum Gasteiger partial charge on any atom is 0.472 e. The minimum atomic E-state index is -4.76. The number of carboxylic acid groups (broad SMARTS) is 1. The molecule has 0 aromatic heterocycles. The molecule has 12 heteroatoms. The van der Waals surface area contributed by atoms with E-state index in [0.29, 0.717) is 12.8 Å². The second kappa shape index (κ2) is 37.1. The Hall–Kier alpha value is -2.82. The number of rotatable bonds is 37. The molecule has 4 N–H and O–H groups in total. The highest BCUT2D eigenvalue weighted by Gasteiger charge is 2.28. The zero-order valence-corrected chi connectivity index (χ0v) is 34.1. The summed E-state index contributed by atoms with van der Waals surface area (Å²) in [5.41, 5.74) is 0. The zero-order chi connectivity index (χ0) is 40.0. The second-order valence-corrected chi connectivity index (χ2v) is 14.9. The molecule has 0 rings (SSSR count). The predicted octanol–water partition coefficient (Wildman–Crippen LogP) is 10.00. The van der Waals surface area contributed by atoms with Gasteiger partial charge >= 0.3 is 19.8 Å².